The molecule has 0 heterocycles. The smallest absolute Gasteiger partial charge is 0.277 e. The lowest BCUT2D eigenvalue weighted by molar-refractivity contribution is -0.123. The molecule has 0 unspecified atom stereocenters. The van der Waals surface area contributed by atoms with E-state index in [-0.39, 0.29) is 12.5 Å². The molecule has 0 atom stereocenters. The highest BCUT2D eigenvalue weighted by Gasteiger charge is 2.07. The van der Waals surface area contributed by atoms with Gasteiger partial charge in [-0.25, -0.2) is 5.43 Å². The molecule has 4 nitrogen and oxygen atoms in total. The van der Waals surface area contributed by atoms with Crippen LogP contribution in [-0.4, -0.2) is 18.7 Å². The lowest BCUT2D eigenvalue weighted by atomic mass is 10.1. The van der Waals surface area contributed by atoms with Crippen LogP contribution in [0.5, 0.6) is 5.75 Å². The van der Waals surface area contributed by atoms with Gasteiger partial charge < -0.3 is 4.74 Å². The lowest BCUT2D eigenvalue weighted by Gasteiger charge is -2.09. The summed E-state index contributed by atoms with van der Waals surface area (Å²) < 4.78 is 6.35. The Bertz CT molecular complexity index is 641. The molecular weight excluding hydrogens is 320 g/mol. The van der Waals surface area contributed by atoms with Gasteiger partial charge in [0.05, 0.1) is 4.47 Å². The third-order valence-corrected chi connectivity index (χ3v) is 3.47. The van der Waals surface area contributed by atoms with Gasteiger partial charge in [-0.2, -0.15) is 5.10 Å². The molecule has 2 aromatic rings. The summed E-state index contributed by atoms with van der Waals surface area (Å²) >= 11 is 3.51. The van der Waals surface area contributed by atoms with Crippen LogP contribution in [0.4, 0.5) is 0 Å². The van der Waals surface area contributed by atoms with Crippen molar-refractivity contribution in [3.05, 3.63) is 40.9 Å². The quantitative estimate of drug-likeness (QED) is 0.672. The lowest BCUT2D eigenvalue weighted by Crippen LogP contribution is -2.24. The Morgan fingerprint density at radius 1 is 1.35 bits per heavy atom. The van der Waals surface area contributed by atoms with Crippen molar-refractivity contribution < 1.29 is 9.53 Å². The second-order valence-corrected chi connectivity index (χ2v) is 4.94. The summed E-state index contributed by atoms with van der Waals surface area (Å²) in [4.78, 5) is 11.5. The molecule has 0 aliphatic heterocycles. The van der Waals surface area contributed by atoms with Gasteiger partial charge in [0.25, 0.3) is 5.91 Å². The first kappa shape index (κ1) is 14.5. The van der Waals surface area contributed by atoms with E-state index in [0.29, 0.717) is 5.75 Å². The normalized spacial score (nSPS) is 10.9. The van der Waals surface area contributed by atoms with Crippen LogP contribution in [0.1, 0.15) is 13.3 Å². The van der Waals surface area contributed by atoms with Crippen LogP contribution >= 0.6 is 15.9 Å². The Morgan fingerprint density at radius 2 is 2.15 bits per heavy atom. The van der Waals surface area contributed by atoms with Gasteiger partial charge >= 0.3 is 0 Å². The van der Waals surface area contributed by atoms with E-state index in [2.05, 4.69) is 26.5 Å². The van der Waals surface area contributed by atoms with Crippen LogP contribution in [0, 0.1) is 0 Å². The minimum Gasteiger partial charge on any atom is -0.483 e. The maximum absolute atomic E-state index is 11.5. The highest BCUT2D eigenvalue weighted by Crippen LogP contribution is 2.32. The Labute approximate surface area is 125 Å². The molecule has 5 heteroatoms. The third kappa shape index (κ3) is 3.57. The van der Waals surface area contributed by atoms with Gasteiger partial charge in [0.15, 0.2) is 6.61 Å². The van der Waals surface area contributed by atoms with Gasteiger partial charge in [-0.1, -0.05) is 37.3 Å². The number of amides is 1. The predicted octanol–water partition coefficient (Wildman–Crippen LogP) is 3.49. The summed E-state index contributed by atoms with van der Waals surface area (Å²) in [6.07, 6.45) is 2.40. The van der Waals surface area contributed by atoms with Crippen LogP contribution in [-0.2, 0) is 4.79 Å². The number of rotatable bonds is 5. The van der Waals surface area contributed by atoms with Crippen molar-refractivity contribution in [2.45, 2.75) is 13.3 Å². The molecule has 0 bridgehead atoms. The molecule has 0 spiro atoms. The zero-order valence-electron chi connectivity index (χ0n) is 11.1. The Balaban J connectivity index is 2.05. The summed E-state index contributed by atoms with van der Waals surface area (Å²) in [6.45, 7) is 1.87. The number of fused-ring (bicyclic) bond motifs is 1. The number of ether oxygens (including phenoxy) is 1. The molecule has 1 N–H and O–H groups in total. The van der Waals surface area contributed by atoms with E-state index >= 15 is 0 Å². The van der Waals surface area contributed by atoms with Crippen LogP contribution in [0.25, 0.3) is 10.8 Å². The molecule has 2 rings (SSSR count). The first-order valence-corrected chi connectivity index (χ1v) is 7.12. The van der Waals surface area contributed by atoms with E-state index < -0.39 is 0 Å². The third-order valence-electron chi connectivity index (χ3n) is 2.65. The van der Waals surface area contributed by atoms with Crippen molar-refractivity contribution >= 4 is 38.8 Å². The van der Waals surface area contributed by atoms with E-state index in [1.165, 1.54) is 0 Å². The van der Waals surface area contributed by atoms with E-state index in [1.54, 1.807) is 6.21 Å². The molecule has 1 amide bonds. The van der Waals surface area contributed by atoms with Crippen molar-refractivity contribution in [2.24, 2.45) is 5.10 Å². The van der Waals surface area contributed by atoms with Crippen LogP contribution < -0.4 is 10.2 Å². The largest absolute Gasteiger partial charge is 0.483 e. The molecule has 0 fully saturated rings. The SMILES string of the molecule is CCC=NNC(=O)COc1ccc2ccccc2c1Br. The van der Waals surface area contributed by atoms with Gasteiger partial charge in [0, 0.05) is 6.21 Å². The number of nitrogens with zero attached hydrogens (tertiary/aromatic N) is 1. The van der Waals surface area contributed by atoms with Crippen molar-refractivity contribution in [1.29, 1.82) is 0 Å². The number of carbonyl (C=O) groups is 1. The summed E-state index contributed by atoms with van der Waals surface area (Å²) in [6, 6.07) is 11.8. The molecule has 20 heavy (non-hydrogen) atoms. The molecule has 2 aromatic carbocycles. The highest BCUT2D eigenvalue weighted by atomic mass is 79.9. The van der Waals surface area contributed by atoms with Gasteiger partial charge in [-0.05, 0) is 39.2 Å². The number of benzene rings is 2. The van der Waals surface area contributed by atoms with Crippen molar-refractivity contribution in [1.82, 2.24) is 5.43 Å². The minimum atomic E-state index is -0.283. The van der Waals surface area contributed by atoms with Gasteiger partial charge in [0.2, 0.25) is 0 Å². The molecular formula is C15H15BrN2O2. The monoisotopic (exact) mass is 334 g/mol. The van der Waals surface area contributed by atoms with E-state index in [9.17, 15) is 4.79 Å². The van der Waals surface area contributed by atoms with Crippen LogP contribution in [0.15, 0.2) is 46.0 Å². The first-order valence-electron chi connectivity index (χ1n) is 6.32. The van der Waals surface area contributed by atoms with Crippen molar-refractivity contribution in [3.63, 3.8) is 0 Å². The molecule has 0 aliphatic rings. The van der Waals surface area contributed by atoms with E-state index in [1.807, 2.05) is 43.3 Å². The number of hydrazone groups is 1. The Hall–Kier alpha value is -1.88. The predicted molar refractivity (Wildman–Crippen MR) is 84.1 cm³/mol. The average molecular weight is 335 g/mol. The fourth-order valence-corrected chi connectivity index (χ4v) is 2.32. The zero-order chi connectivity index (χ0) is 14.4. The average Bonchev–Trinajstić information content (AvgIpc) is 2.47. The standard InChI is InChI=1S/C15H15BrN2O2/c1-2-9-17-18-14(19)10-20-13-8-7-11-5-3-4-6-12(11)15(13)16/h3-9H,2,10H2,1H3,(H,18,19). The van der Waals surface area contributed by atoms with E-state index in [0.717, 1.165) is 21.7 Å². The van der Waals surface area contributed by atoms with Gasteiger partial charge in [-0.15, -0.1) is 0 Å². The van der Waals surface area contributed by atoms with Crippen LogP contribution in [0.2, 0.25) is 0 Å². The fourth-order valence-electron chi connectivity index (χ4n) is 1.71. The highest BCUT2D eigenvalue weighted by molar-refractivity contribution is 9.10. The molecule has 0 saturated heterocycles. The number of hydrogen-bond donors (Lipinski definition) is 1. The topological polar surface area (TPSA) is 50.7 Å². The van der Waals surface area contributed by atoms with Crippen molar-refractivity contribution in [3.8, 4) is 5.75 Å². The minimum absolute atomic E-state index is 0.0714. The maximum atomic E-state index is 11.5. The second-order valence-electron chi connectivity index (χ2n) is 4.14. The van der Waals surface area contributed by atoms with Gasteiger partial charge in [-0.3, -0.25) is 4.79 Å². The molecule has 104 valence electrons. The fraction of sp³-hybridized carbons (Fsp3) is 0.200. The summed E-state index contributed by atoms with van der Waals surface area (Å²) in [7, 11) is 0. The van der Waals surface area contributed by atoms with Gasteiger partial charge in [0.1, 0.15) is 5.75 Å². The zero-order valence-corrected chi connectivity index (χ0v) is 12.7. The molecule has 0 radical (unpaired) electrons. The number of carbonyl (C=O) groups excluding carboxylic acids is 1. The first-order chi connectivity index (χ1) is 9.72. The number of hydrogen-bond acceptors (Lipinski definition) is 3. The Morgan fingerprint density at radius 3 is 2.95 bits per heavy atom. The van der Waals surface area contributed by atoms with Crippen LogP contribution in [0.3, 0.4) is 0 Å². The number of halogens is 1. The molecule has 0 aromatic heterocycles. The summed E-state index contributed by atoms with van der Waals surface area (Å²) in [5, 5.41) is 5.92. The van der Waals surface area contributed by atoms with E-state index in [4.69, 9.17) is 4.74 Å². The second kappa shape index (κ2) is 7.05. The summed E-state index contributed by atoms with van der Waals surface area (Å²) in [5.74, 6) is 0.355. The Kier molecular flexibility index (Phi) is 5.12. The molecule has 0 aliphatic carbocycles. The number of nitrogens with one attached hydrogen (secondary N) is 1. The summed E-state index contributed by atoms with van der Waals surface area (Å²) in [5.41, 5.74) is 2.40. The molecule has 0 saturated carbocycles. The van der Waals surface area contributed by atoms with Crippen molar-refractivity contribution in [2.75, 3.05) is 6.61 Å². The maximum Gasteiger partial charge on any atom is 0.277 e.